The molecule has 0 fully saturated rings. The number of aryl methyl sites for hydroxylation is 3. The monoisotopic (exact) mass is 310 g/mol. The molecule has 1 unspecified atom stereocenters. The van der Waals surface area contributed by atoms with E-state index in [1.807, 2.05) is 6.07 Å². The van der Waals surface area contributed by atoms with Crippen LogP contribution in [0.5, 0.6) is 0 Å². The van der Waals surface area contributed by atoms with E-state index in [2.05, 4.69) is 51.1 Å². The Hall–Kier alpha value is -2.09. The molecule has 0 heterocycles. The molecular weight excluding hydrogens is 284 g/mol. The van der Waals surface area contributed by atoms with Gasteiger partial charge in [0.1, 0.15) is 0 Å². The van der Waals surface area contributed by atoms with Gasteiger partial charge in [-0.2, -0.15) is 0 Å². The number of benzene rings is 2. The van der Waals surface area contributed by atoms with E-state index >= 15 is 0 Å². The maximum atomic E-state index is 11.6. The topological polar surface area (TPSA) is 37.3 Å². The van der Waals surface area contributed by atoms with Gasteiger partial charge in [0.25, 0.3) is 0 Å². The normalized spacial score (nSPS) is 12.1. The summed E-state index contributed by atoms with van der Waals surface area (Å²) < 4.78 is 0. The van der Waals surface area contributed by atoms with Crippen molar-refractivity contribution in [2.45, 2.75) is 52.4 Å². The summed E-state index contributed by atoms with van der Waals surface area (Å²) in [6, 6.07) is 14.2. The van der Waals surface area contributed by atoms with Crippen molar-refractivity contribution < 1.29 is 9.90 Å². The van der Waals surface area contributed by atoms with Crippen molar-refractivity contribution in [3.8, 4) is 0 Å². The van der Waals surface area contributed by atoms with Crippen LogP contribution in [-0.2, 0) is 19.3 Å². The van der Waals surface area contributed by atoms with Gasteiger partial charge < -0.3 is 5.11 Å². The standard InChI is InChI=1S/C21H26O2/c1-4-15(3)20-18(11-8-12-19(20)21(22)23)14-13-17-10-7-6-9-16(17)5-2/h6-12,15H,4-5,13-14H2,1-3H3,(H,22,23). The van der Waals surface area contributed by atoms with Crippen LogP contribution in [-0.4, -0.2) is 11.1 Å². The molecule has 0 aliphatic heterocycles. The fraction of sp³-hybridized carbons (Fsp3) is 0.381. The van der Waals surface area contributed by atoms with Gasteiger partial charge in [0.05, 0.1) is 5.56 Å². The van der Waals surface area contributed by atoms with E-state index in [-0.39, 0.29) is 5.92 Å². The Morgan fingerprint density at radius 3 is 2.17 bits per heavy atom. The van der Waals surface area contributed by atoms with Crippen LogP contribution in [0.4, 0.5) is 0 Å². The largest absolute Gasteiger partial charge is 0.478 e. The van der Waals surface area contributed by atoms with Gasteiger partial charge >= 0.3 is 5.97 Å². The molecule has 0 amide bonds. The Morgan fingerprint density at radius 1 is 0.957 bits per heavy atom. The molecule has 2 aromatic carbocycles. The van der Waals surface area contributed by atoms with Crippen LogP contribution in [0.3, 0.4) is 0 Å². The molecule has 2 nitrogen and oxygen atoms in total. The van der Waals surface area contributed by atoms with Gasteiger partial charge in [-0.1, -0.05) is 57.2 Å². The molecule has 0 saturated carbocycles. The van der Waals surface area contributed by atoms with Gasteiger partial charge in [-0.3, -0.25) is 0 Å². The number of hydrogen-bond acceptors (Lipinski definition) is 1. The van der Waals surface area contributed by atoms with Crippen LogP contribution in [0.25, 0.3) is 0 Å². The van der Waals surface area contributed by atoms with E-state index < -0.39 is 5.97 Å². The molecule has 122 valence electrons. The van der Waals surface area contributed by atoms with Crippen molar-refractivity contribution in [1.82, 2.24) is 0 Å². The van der Waals surface area contributed by atoms with Crippen LogP contribution in [0.15, 0.2) is 42.5 Å². The van der Waals surface area contributed by atoms with Crippen LogP contribution < -0.4 is 0 Å². The second kappa shape index (κ2) is 7.96. The highest BCUT2D eigenvalue weighted by Crippen LogP contribution is 2.28. The summed E-state index contributed by atoms with van der Waals surface area (Å²) in [6.45, 7) is 6.40. The average Bonchev–Trinajstić information content (AvgIpc) is 2.58. The zero-order chi connectivity index (χ0) is 16.8. The van der Waals surface area contributed by atoms with E-state index in [1.54, 1.807) is 6.07 Å². The van der Waals surface area contributed by atoms with Crippen LogP contribution in [0.1, 0.15) is 65.7 Å². The summed E-state index contributed by atoms with van der Waals surface area (Å²) in [7, 11) is 0. The van der Waals surface area contributed by atoms with E-state index in [0.717, 1.165) is 31.2 Å². The highest BCUT2D eigenvalue weighted by molar-refractivity contribution is 5.90. The predicted molar refractivity (Wildman–Crippen MR) is 95.3 cm³/mol. The molecule has 2 aromatic rings. The van der Waals surface area contributed by atoms with Gasteiger partial charge in [-0.25, -0.2) is 4.79 Å². The first-order chi connectivity index (χ1) is 11.1. The van der Waals surface area contributed by atoms with E-state index in [1.165, 1.54) is 16.7 Å². The lowest BCUT2D eigenvalue weighted by Crippen LogP contribution is -2.09. The minimum atomic E-state index is -0.823. The molecule has 0 saturated heterocycles. The molecule has 0 aliphatic rings. The molecule has 0 radical (unpaired) electrons. The minimum Gasteiger partial charge on any atom is -0.478 e. The van der Waals surface area contributed by atoms with Gasteiger partial charge in [-0.15, -0.1) is 0 Å². The third-order valence-electron chi connectivity index (χ3n) is 4.69. The van der Waals surface area contributed by atoms with Crippen molar-refractivity contribution in [2.75, 3.05) is 0 Å². The summed E-state index contributed by atoms with van der Waals surface area (Å²) in [4.78, 5) is 11.6. The number of rotatable bonds is 7. The van der Waals surface area contributed by atoms with Crippen LogP contribution in [0.2, 0.25) is 0 Å². The summed E-state index contributed by atoms with van der Waals surface area (Å²) in [5.41, 5.74) is 5.39. The van der Waals surface area contributed by atoms with Crippen molar-refractivity contribution in [2.24, 2.45) is 0 Å². The first kappa shape index (κ1) is 17.3. The number of aromatic carboxylic acids is 1. The van der Waals surface area contributed by atoms with Gasteiger partial charge in [0, 0.05) is 0 Å². The lowest BCUT2D eigenvalue weighted by atomic mass is 9.86. The maximum Gasteiger partial charge on any atom is 0.335 e. The second-order valence-electron chi connectivity index (χ2n) is 6.12. The van der Waals surface area contributed by atoms with E-state index in [0.29, 0.717) is 5.56 Å². The molecule has 0 aliphatic carbocycles. The molecule has 1 atom stereocenters. The molecule has 2 heteroatoms. The van der Waals surface area contributed by atoms with Crippen LogP contribution in [0, 0.1) is 0 Å². The first-order valence-corrected chi connectivity index (χ1v) is 8.50. The Labute approximate surface area is 139 Å². The predicted octanol–water partition coefficient (Wildman–Crippen LogP) is 5.25. The van der Waals surface area contributed by atoms with Crippen molar-refractivity contribution in [3.05, 3.63) is 70.3 Å². The number of carbonyl (C=O) groups is 1. The Balaban J connectivity index is 2.32. The molecule has 0 spiro atoms. The number of hydrogen-bond donors (Lipinski definition) is 1. The van der Waals surface area contributed by atoms with Crippen LogP contribution >= 0.6 is 0 Å². The molecule has 0 bridgehead atoms. The lowest BCUT2D eigenvalue weighted by molar-refractivity contribution is 0.0695. The zero-order valence-corrected chi connectivity index (χ0v) is 14.3. The van der Waals surface area contributed by atoms with Gasteiger partial charge in [0.2, 0.25) is 0 Å². The SMILES string of the molecule is CCc1ccccc1CCc1cccc(C(=O)O)c1C(C)CC. The summed E-state index contributed by atoms with van der Waals surface area (Å²) in [6.07, 6.45) is 3.82. The van der Waals surface area contributed by atoms with Crippen molar-refractivity contribution >= 4 is 5.97 Å². The highest BCUT2D eigenvalue weighted by Gasteiger charge is 2.18. The second-order valence-corrected chi connectivity index (χ2v) is 6.12. The summed E-state index contributed by atoms with van der Waals surface area (Å²) >= 11 is 0. The molecule has 2 rings (SSSR count). The number of carboxylic acids is 1. The fourth-order valence-electron chi connectivity index (χ4n) is 3.22. The first-order valence-electron chi connectivity index (χ1n) is 8.50. The number of carboxylic acid groups (broad SMARTS) is 1. The minimum absolute atomic E-state index is 0.263. The summed E-state index contributed by atoms with van der Waals surface area (Å²) in [5.74, 6) is -0.560. The quantitative estimate of drug-likeness (QED) is 0.758. The molecule has 0 aromatic heterocycles. The van der Waals surface area contributed by atoms with E-state index in [4.69, 9.17) is 0 Å². The molecule has 23 heavy (non-hydrogen) atoms. The van der Waals surface area contributed by atoms with Gasteiger partial charge in [-0.05, 0) is 59.9 Å². The highest BCUT2D eigenvalue weighted by atomic mass is 16.4. The molecular formula is C21H26O2. The molecule has 1 N–H and O–H groups in total. The van der Waals surface area contributed by atoms with Gasteiger partial charge in [0.15, 0.2) is 0 Å². The Morgan fingerprint density at radius 2 is 1.57 bits per heavy atom. The summed E-state index contributed by atoms with van der Waals surface area (Å²) in [5, 5.41) is 9.50. The van der Waals surface area contributed by atoms with Crippen molar-refractivity contribution in [3.63, 3.8) is 0 Å². The average molecular weight is 310 g/mol. The maximum absolute atomic E-state index is 11.6. The van der Waals surface area contributed by atoms with Crippen molar-refractivity contribution in [1.29, 1.82) is 0 Å². The van der Waals surface area contributed by atoms with E-state index in [9.17, 15) is 9.90 Å². The smallest absolute Gasteiger partial charge is 0.335 e. The Kier molecular flexibility index (Phi) is 5.97. The Bertz CT molecular complexity index is 673. The third kappa shape index (κ3) is 4.01. The third-order valence-corrected chi connectivity index (χ3v) is 4.69. The lowest BCUT2D eigenvalue weighted by Gasteiger charge is -2.18. The zero-order valence-electron chi connectivity index (χ0n) is 14.3. The fourth-order valence-corrected chi connectivity index (χ4v) is 3.22.